The molecule has 0 saturated carbocycles. The number of aliphatic carboxylic acids is 1. The van der Waals surface area contributed by atoms with Crippen molar-refractivity contribution in [1.82, 2.24) is 4.90 Å². The van der Waals surface area contributed by atoms with Gasteiger partial charge in [-0.3, -0.25) is 9.59 Å². The fourth-order valence-corrected chi connectivity index (χ4v) is 2.69. The number of nitrogens with one attached hydrogen (secondary N) is 1. The van der Waals surface area contributed by atoms with Gasteiger partial charge in [-0.05, 0) is 37.3 Å². The number of methoxy groups -OCH3 is 2. The van der Waals surface area contributed by atoms with Gasteiger partial charge in [0, 0.05) is 29.9 Å². The van der Waals surface area contributed by atoms with E-state index in [9.17, 15) is 9.59 Å². The van der Waals surface area contributed by atoms with E-state index in [-0.39, 0.29) is 18.5 Å². The van der Waals surface area contributed by atoms with E-state index in [1.54, 1.807) is 56.5 Å². The molecular weight excluding hydrogens is 348 g/mol. The van der Waals surface area contributed by atoms with Gasteiger partial charge in [0.05, 0.1) is 20.3 Å². The molecule has 1 atom stereocenters. The lowest BCUT2D eigenvalue weighted by molar-refractivity contribution is -0.134. The van der Waals surface area contributed by atoms with Crippen LogP contribution in [-0.2, 0) is 4.79 Å². The number of benzene rings is 2. The second kappa shape index (κ2) is 8.93. The number of anilines is 1. The maximum atomic E-state index is 12.9. The van der Waals surface area contributed by atoms with Crippen LogP contribution in [0.25, 0.3) is 0 Å². The molecule has 2 aromatic carbocycles. The van der Waals surface area contributed by atoms with E-state index in [2.05, 4.69) is 5.32 Å². The molecule has 1 amide bonds. The van der Waals surface area contributed by atoms with E-state index < -0.39 is 5.97 Å². The van der Waals surface area contributed by atoms with Gasteiger partial charge in [0.1, 0.15) is 18.0 Å². The molecule has 0 radical (unpaired) electrons. The van der Waals surface area contributed by atoms with Crippen LogP contribution in [0.3, 0.4) is 0 Å². The van der Waals surface area contributed by atoms with Crippen molar-refractivity contribution in [3.63, 3.8) is 0 Å². The van der Waals surface area contributed by atoms with E-state index in [1.807, 2.05) is 19.1 Å². The quantitative estimate of drug-likeness (QED) is 0.741. The number of carbonyl (C=O) groups is 2. The molecular formula is C20H24N2O5. The number of carboxylic acid groups (broad SMARTS) is 1. The summed E-state index contributed by atoms with van der Waals surface area (Å²) in [6.07, 6.45) is 0. The van der Waals surface area contributed by atoms with Gasteiger partial charge in [0.2, 0.25) is 0 Å². The number of nitrogens with zero attached hydrogens (tertiary/aromatic N) is 1. The third-order valence-corrected chi connectivity index (χ3v) is 4.35. The molecule has 0 saturated heterocycles. The zero-order chi connectivity index (χ0) is 20.0. The van der Waals surface area contributed by atoms with Crippen molar-refractivity contribution in [2.75, 3.05) is 33.1 Å². The van der Waals surface area contributed by atoms with Gasteiger partial charge >= 0.3 is 5.97 Å². The highest BCUT2D eigenvalue weighted by atomic mass is 16.5. The lowest BCUT2D eigenvalue weighted by Crippen LogP contribution is -2.30. The molecule has 7 heteroatoms. The van der Waals surface area contributed by atoms with Crippen molar-refractivity contribution < 1.29 is 24.2 Å². The van der Waals surface area contributed by atoms with E-state index in [0.717, 1.165) is 5.56 Å². The van der Waals surface area contributed by atoms with Crippen LogP contribution < -0.4 is 14.8 Å². The van der Waals surface area contributed by atoms with E-state index in [0.29, 0.717) is 22.7 Å². The Morgan fingerprint density at radius 1 is 1.15 bits per heavy atom. The van der Waals surface area contributed by atoms with E-state index >= 15 is 0 Å². The molecule has 0 bridgehead atoms. The smallest absolute Gasteiger partial charge is 0.322 e. The number of hydrogen-bond donors (Lipinski definition) is 2. The molecule has 2 rings (SSSR count). The summed E-state index contributed by atoms with van der Waals surface area (Å²) in [5.74, 6) is 0.163. The average Bonchev–Trinajstić information content (AvgIpc) is 2.70. The number of carbonyl (C=O) groups excluding carboxylic acids is 1. The molecule has 2 aromatic rings. The van der Waals surface area contributed by atoms with Crippen LogP contribution in [-0.4, -0.2) is 49.7 Å². The maximum absolute atomic E-state index is 12.9. The zero-order valence-corrected chi connectivity index (χ0v) is 15.9. The number of rotatable bonds is 8. The van der Waals surface area contributed by atoms with Crippen molar-refractivity contribution in [2.45, 2.75) is 13.0 Å². The number of ether oxygens (including phenoxy) is 2. The summed E-state index contributed by atoms with van der Waals surface area (Å²) in [6, 6.07) is 12.0. The first-order chi connectivity index (χ1) is 12.9. The Kier molecular flexibility index (Phi) is 6.65. The largest absolute Gasteiger partial charge is 0.497 e. The standard InChI is InChI=1S/C20H24N2O5/c1-13(17-9-8-16(26-3)11-18(17)27-4)22(2)20(25)14-6-5-7-15(10-14)21-12-19(23)24/h5-11,13,21H,12H2,1-4H3,(H,23,24)/t13-/m1/s1. The third-order valence-electron chi connectivity index (χ3n) is 4.35. The Morgan fingerprint density at radius 3 is 2.52 bits per heavy atom. The van der Waals surface area contributed by atoms with Crippen LogP contribution in [0, 0.1) is 0 Å². The van der Waals surface area contributed by atoms with Crippen molar-refractivity contribution in [3.05, 3.63) is 53.6 Å². The molecule has 0 unspecified atom stereocenters. The summed E-state index contributed by atoms with van der Waals surface area (Å²) in [5.41, 5.74) is 1.90. The van der Waals surface area contributed by atoms with E-state index in [4.69, 9.17) is 14.6 Å². The van der Waals surface area contributed by atoms with Gasteiger partial charge in [-0.2, -0.15) is 0 Å². The summed E-state index contributed by atoms with van der Waals surface area (Å²) < 4.78 is 10.6. The molecule has 0 aliphatic heterocycles. The maximum Gasteiger partial charge on any atom is 0.322 e. The first kappa shape index (κ1) is 20.1. The molecule has 0 aliphatic carbocycles. The fourth-order valence-electron chi connectivity index (χ4n) is 2.69. The summed E-state index contributed by atoms with van der Waals surface area (Å²) in [5, 5.41) is 11.5. The fraction of sp³-hybridized carbons (Fsp3) is 0.300. The molecule has 2 N–H and O–H groups in total. The Hall–Kier alpha value is -3.22. The predicted octanol–water partition coefficient (Wildman–Crippen LogP) is 3.03. The first-order valence-corrected chi connectivity index (χ1v) is 8.42. The van der Waals surface area contributed by atoms with Gasteiger partial charge in [-0.15, -0.1) is 0 Å². The molecule has 27 heavy (non-hydrogen) atoms. The first-order valence-electron chi connectivity index (χ1n) is 8.42. The van der Waals surface area contributed by atoms with Crippen molar-refractivity contribution in [3.8, 4) is 11.5 Å². The van der Waals surface area contributed by atoms with Crippen LogP contribution in [0.1, 0.15) is 28.9 Å². The van der Waals surface area contributed by atoms with E-state index in [1.165, 1.54) is 0 Å². The lowest BCUT2D eigenvalue weighted by Gasteiger charge is -2.27. The topological polar surface area (TPSA) is 88.1 Å². The number of carboxylic acids is 1. The zero-order valence-electron chi connectivity index (χ0n) is 15.9. The SMILES string of the molecule is COc1ccc([C@@H](C)N(C)C(=O)c2cccc(NCC(=O)O)c2)c(OC)c1. The Bertz CT molecular complexity index is 822. The van der Waals surface area contributed by atoms with Gasteiger partial charge in [0.15, 0.2) is 0 Å². The Labute approximate surface area is 158 Å². The normalized spacial score (nSPS) is 11.4. The van der Waals surface area contributed by atoms with Crippen molar-refractivity contribution in [1.29, 1.82) is 0 Å². The summed E-state index contributed by atoms with van der Waals surface area (Å²) in [6.45, 7) is 1.70. The molecule has 7 nitrogen and oxygen atoms in total. The van der Waals surface area contributed by atoms with Gasteiger partial charge in [-0.1, -0.05) is 6.07 Å². The van der Waals surface area contributed by atoms with Crippen molar-refractivity contribution >= 4 is 17.6 Å². The minimum atomic E-state index is -0.968. The van der Waals surface area contributed by atoms with Crippen LogP contribution in [0.5, 0.6) is 11.5 Å². The molecule has 144 valence electrons. The lowest BCUT2D eigenvalue weighted by atomic mass is 10.0. The van der Waals surface area contributed by atoms with Crippen molar-refractivity contribution in [2.24, 2.45) is 0 Å². The monoisotopic (exact) mass is 372 g/mol. The Morgan fingerprint density at radius 2 is 1.89 bits per heavy atom. The minimum absolute atomic E-state index is 0.181. The number of hydrogen-bond acceptors (Lipinski definition) is 5. The summed E-state index contributed by atoms with van der Waals surface area (Å²) >= 11 is 0. The highest BCUT2D eigenvalue weighted by molar-refractivity contribution is 5.95. The van der Waals surface area contributed by atoms with Crippen LogP contribution in [0.4, 0.5) is 5.69 Å². The highest BCUT2D eigenvalue weighted by Crippen LogP contribution is 2.32. The minimum Gasteiger partial charge on any atom is -0.497 e. The van der Waals surface area contributed by atoms with Crippen LogP contribution in [0.15, 0.2) is 42.5 Å². The third kappa shape index (κ3) is 4.91. The molecule has 0 aliphatic rings. The molecule has 0 aromatic heterocycles. The number of amides is 1. The Balaban J connectivity index is 2.21. The van der Waals surface area contributed by atoms with Crippen LogP contribution >= 0.6 is 0 Å². The second-order valence-corrected chi connectivity index (χ2v) is 6.03. The predicted molar refractivity (Wildman–Crippen MR) is 103 cm³/mol. The summed E-state index contributed by atoms with van der Waals surface area (Å²) in [4.78, 5) is 25.2. The molecule has 0 fully saturated rings. The van der Waals surface area contributed by atoms with Gasteiger partial charge in [-0.25, -0.2) is 0 Å². The highest BCUT2D eigenvalue weighted by Gasteiger charge is 2.22. The van der Waals surface area contributed by atoms with Crippen LogP contribution in [0.2, 0.25) is 0 Å². The average molecular weight is 372 g/mol. The molecule has 0 spiro atoms. The second-order valence-electron chi connectivity index (χ2n) is 6.03. The summed E-state index contributed by atoms with van der Waals surface area (Å²) in [7, 11) is 4.87. The van der Waals surface area contributed by atoms with Gasteiger partial charge < -0.3 is 24.8 Å². The van der Waals surface area contributed by atoms with Gasteiger partial charge in [0.25, 0.3) is 5.91 Å². The molecule has 0 heterocycles.